The third-order valence-corrected chi connectivity index (χ3v) is 6.53. The van der Waals surface area contributed by atoms with Gasteiger partial charge in [0.1, 0.15) is 5.82 Å². The average Bonchev–Trinajstić information content (AvgIpc) is 2.98. The van der Waals surface area contributed by atoms with Crippen LogP contribution in [0.3, 0.4) is 0 Å². The van der Waals surface area contributed by atoms with Crippen LogP contribution in [0.15, 0.2) is 18.3 Å². The lowest BCUT2D eigenvalue weighted by Crippen LogP contribution is -2.50. The van der Waals surface area contributed by atoms with Gasteiger partial charge in [-0.1, -0.05) is 19.3 Å². The summed E-state index contributed by atoms with van der Waals surface area (Å²) in [5, 5.41) is 0. The largest absolute Gasteiger partial charge is 0.416 e. The van der Waals surface area contributed by atoms with E-state index in [4.69, 9.17) is 0 Å². The Morgan fingerprint density at radius 1 is 1.07 bits per heavy atom. The Labute approximate surface area is 157 Å². The van der Waals surface area contributed by atoms with Gasteiger partial charge in [-0.05, 0) is 44.2 Å². The van der Waals surface area contributed by atoms with Gasteiger partial charge in [0.05, 0.1) is 11.0 Å². The van der Waals surface area contributed by atoms with E-state index in [1.54, 1.807) is 0 Å². The number of amides is 1. The number of pyridine rings is 1. The summed E-state index contributed by atoms with van der Waals surface area (Å²) in [4.78, 5) is 21.4. The third-order valence-electron chi connectivity index (χ3n) is 6.53. The van der Waals surface area contributed by atoms with E-state index < -0.39 is 17.2 Å². The maximum absolute atomic E-state index is 13.3. The second-order valence-corrected chi connectivity index (χ2v) is 8.25. The van der Waals surface area contributed by atoms with Crippen molar-refractivity contribution in [1.82, 2.24) is 9.88 Å². The molecule has 7 heteroatoms. The van der Waals surface area contributed by atoms with Crippen LogP contribution in [0.4, 0.5) is 19.0 Å². The maximum Gasteiger partial charge on any atom is 0.416 e. The van der Waals surface area contributed by atoms with Crippen LogP contribution in [0.25, 0.3) is 0 Å². The molecule has 3 fully saturated rings. The fraction of sp³-hybridized carbons (Fsp3) is 0.700. The number of aromatic nitrogens is 1. The van der Waals surface area contributed by atoms with Crippen molar-refractivity contribution >= 4 is 11.7 Å². The van der Waals surface area contributed by atoms with Gasteiger partial charge in [-0.25, -0.2) is 4.98 Å². The molecule has 3 aliphatic rings. The lowest BCUT2D eigenvalue weighted by atomic mass is 9.78. The minimum atomic E-state index is -4.38. The van der Waals surface area contributed by atoms with Gasteiger partial charge in [-0.3, -0.25) is 4.79 Å². The van der Waals surface area contributed by atoms with E-state index in [1.807, 2.05) is 4.90 Å². The summed E-state index contributed by atoms with van der Waals surface area (Å²) in [7, 11) is 0. The van der Waals surface area contributed by atoms with Crippen LogP contribution in [0.1, 0.15) is 56.9 Å². The molecule has 27 heavy (non-hydrogen) atoms. The number of nitrogens with zero attached hydrogens (tertiary/aromatic N) is 3. The lowest BCUT2D eigenvalue weighted by molar-refractivity contribution is -0.139. The molecule has 1 aromatic heterocycles. The predicted octanol–water partition coefficient (Wildman–Crippen LogP) is 4.25. The van der Waals surface area contributed by atoms with Crippen molar-refractivity contribution in [1.29, 1.82) is 0 Å². The van der Waals surface area contributed by atoms with Gasteiger partial charge in [0, 0.05) is 31.9 Å². The van der Waals surface area contributed by atoms with Gasteiger partial charge in [0.2, 0.25) is 5.91 Å². The van der Waals surface area contributed by atoms with Gasteiger partial charge in [-0.15, -0.1) is 0 Å². The molecule has 1 saturated carbocycles. The Kier molecular flexibility index (Phi) is 4.80. The van der Waals surface area contributed by atoms with Crippen LogP contribution in [0.2, 0.25) is 0 Å². The topological polar surface area (TPSA) is 36.4 Å². The van der Waals surface area contributed by atoms with E-state index in [-0.39, 0.29) is 5.91 Å². The first-order valence-corrected chi connectivity index (χ1v) is 9.98. The summed E-state index contributed by atoms with van der Waals surface area (Å²) in [6.45, 7) is 1.91. The minimum absolute atomic E-state index is 0.214. The molecule has 0 aromatic carbocycles. The number of carbonyl (C=O) groups excluding carboxylic acids is 1. The van der Waals surface area contributed by atoms with Crippen molar-refractivity contribution < 1.29 is 18.0 Å². The predicted molar refractivity (Wildman–Crippen MR) is 96.3 cm³/mol. The van der Waals surface area contributed by atoms with Crippen molar-refractivity contribution in [2.24, 2.45) is 5.41 Å². The van der Waals surface area contributed by atoms with Crippen molar-refractivity contribution in [3.05, 3.63) is 23.9 Å². The first kappa shape index (κ1) is 18.6. The zero-order valence-corrected chi connectivity index (χ0v) is 15.5. The molecular weight excluding hydrogens is 355 g/mol. The number of hydrogen-bond donors (Lipinski definition) is 0. The first-order valence-electron chi connectivity index (χ1n) is 9.98. The van der Waals surface area contributed by atoms with Crippen molar-refractivity contribution in [2.45, 2.75) is 63.6 Å². The molecule has 1 spiro atoms. The van der Waals surface area contributed by atoms with Crippen LogP contribution in [-0.4, -0.2) is 41.5 Å². The van der Waals surface area contributed by atoms with Crippen LogP contribution in [0, 0.1) is 5.41 Å². The standard InChI is InChI=1S/C20H26F3N3O/c21-20(22,23)15-7-10-24-17(13-15)25-11-4-8-19(14-25)9-12-26(18(19)27)16-5-2-1-3-6-16/h7,10,13,16H,1-6,8-9,11-12,14H2. The summed E-state index contributed by atoms with van der Waals surface area (Å²) < 4.78 is 39.1. The number of carbonyl (C=O) groups is 1. The molecule has 2 aliphatic heterocycles. The molecule has 0 radical (unpaired) electrons. The quantitative estimate of drug-likeness (QED) is 0.768. The third kappa shape index (κ3) is 3.52. The summed E-state index contributed by atoms with van der Waals surface area (Å²) in [5.74, 6) is 0.541. The maximum atomic E-state index is 13.3. The Balaban J connectivity index is 1.52. The van der Waals surface area contributed by atoms with Gasteiger partial charge >= 0.3 is 6.18 Å². The SMILES string of the molecule is O=C1N(C2CCCCC2)CCC12CCCN(c1cc(C(F)(F)F)ccn1)C2. The van der Waals surface area contributed by atoms with Crippen molar-refractivity contribution in [3.63, 3.8) is 0 Å². The molecule has 4 nitrogen and oxygen atoms in total. The monoisotopic (exact) mass is 381 g/mol. The molecule has 0 N–H and O–H groups in total. The van der Waals surface area contributed by atoms with Gasteiger partial charge in [0.15, 0.2) is 0 Å². The highest BCUT2D eigenvalue weighted by molar-refractivity contribution is 5.86. The van der Waals surface area contributed by atoms with Crippen molar-refractivity contribution in [2.75, 3.05) is 24.5 Å². The molecule has 4 rings (SSSR count). The molecular formula is C20H26F3N3O. The van der Waals surface area contributed by atoms with E-state index in [1.165, 1.54) is 25.5 Å². The Morgan fingerprint density at radius 3 is 2.59 bits per heavy atom. The number of halogens is 3. The first-order chi connectivity index (χ1) is 12.9. The smallest absolute Gasteiger partial charge is 0.356 e. The Bertz CT molecular complexity index is 702. The number of piperidine rings is 1. The van der Waals surface area contributed by atoms with Gasteiger partial charge < -0.3 is 9.80 Å². The summed E-state index contributed by atoms with van der Waals surface area (Å²) >= 11 is 0. The normalized spacial score (nSPS) is 27.6. The van der Waals surface area contributed by atoms with Crippen LogP contribution >= 0.6 is 0 Å². The number of rotatable bonds is 2. The average molecular weight is 381 g/mol. The highest BCUT2D eigenvalue weighted by Gasteiger charge is 2.50. The summed E-state index contributed by atoms with van der Waals surface area (Å²) in [6, 6.07) is 2.46. The number of anilines is 1. The molecule has 3 heterocycles. The van der Waals surface area contributed by atoms with Crippen LogP contribution in [0.5, 0.6) is 0 Å². The highest BCUT2D eigenvalue weighted by Crippen LogP contribution is 2.43. The molecule has 0 bridgehead atoms. The van der Waals surface area contributed by atoms with E-state index >= 15 is 0 Å². The molecule has 148 valence electrons. The van der Waals surface area contributed by atoms with Crippen LogP contribution in [-0.2, 0) is 11.0 Å². The minimum Gasteiger partial charge on any atom is -0.356 e. The second kappa shape index (κ2) is 6.99. The number of alkyl halides is 3. The second-order valence-electron chi connectivity index (χ2n) is 8.25. The van der Waals surface area contributed by atoms with E-state index in [9.17, 15) is 18.0 Å². The zero-order chi connectivity index (χ0) is 19.1. The molecule has 1 atom stereocenters. The fourth-order valence-corrected chi connectivity index (χ4v) is 5.06. The molecule has 2 saturated heterocycles. The van der Waals surface area contributed by atoms with E-state index in [0.717, 1.165) is 50.8 Å². The van der Waals surface area contributed by atoms with Crippen LogP contribution < -0.4 is 4.90 Å². The number of hydrogen-bond acceptors (Lipinski definition) is 3. The molecule has 1 unspecified atom stereocenters. The van der Waals surface area contributed by atoms with Gasteiger partial charge in [0.25, 0.3) is 0 Å². The molecule has 1 aromatic rings. The number of likely N-dealkylation sites (tertiary alicyclic amines) is 1. The molecule has 1 amide bonds. The Morgan fingerprint density at radius 2 is 1.85 bits per heavy atom. The van der Waals surface area contributed by atoms with E-state index in [2.05, 4.69) is 9.88 Å². The summed E-state index contributed by atoms with van der Waals surface area (Å²) in [5.41, 5.74) is -1.14. The fourth-order valence-electron chi connectivity index (χ4n) is 5.06. The highest BCUT2D eigenvalue weighted by atomic mass is 19.4. The zero-order valence-electron chi connectivity index (χ0n) is 15.5. The Hall–Kier alpha value is -1.79. The lowest BCUT2D eigenvalue weighted by Gasteiger charge is -2.40. The molecule has 1 aliphatic carbocycles. The van der Waals surface area contributed by atoms with Gasteiger partial charge in [-0.2, -0.15) is 13.2 Å². The summed E-state index contributed by atoms with van der Waals surface area (Å²) in [6.07, 6.45) is 5.05. The van der Waals surface area contributed by atoms with E-state index in [0.29, 0.717) is 24.9 Å². The van der Waals surface area contributed by atoms with Crippen molar-refractivity contribution in [3.8, 4) is 0 Å².